The highest BCUT2D eigenvalue weighted by Gasteiger charge is 2.42. The van der Waals surface area contributed by atoms with E-state index < -0.39 is 0 Å². The quantitative estimate of drug-likeness (QED) is 0.497. The van der Waals surface area contributed by atoms with Crippen LogP contribution in [0, 0.1) is 5.41 Å². The maximum absolute atomic E-state index is 12.7. The van der Waals surface area contributed by atoms with Gasteiger partial charge in [-0.1, -0.05) is 30.3 Å². The van der Waals surface area contributed by atoms with Crippen LogP contribution in [0.5, 0.6) is 0 Å². The van der Waals surface area contributed by atoms with Crippen molar-refractivity contribution in [3.8, 4) is 0 Å². The Morgan fingerprint density at radius 3 is 2.58 bits per heavy atom. The minimum absolute atomic E-state index is 0.0182. The summed E-state index contributed by atoms with van der Waals surface area (Å²) in [6.45, 7) is 5.56. The van der Waals surface area contributed by atoms with E-state index in [-0.39, 0.29) is 11.4 Å². The Balaban J connectivity index is 1.94. The fraction of sp³-hybridized carbons (Fsp3) is 0.650. The molecule has 1 aromatic carbocycles. The van der Waals surface area contributed by atoms with Gasteiger partial charge in [-0.15, -0.1) is 0 Å². The van der Waals surface area contributed by atoms with Gasteiger partial charge in [-0.3, -0.25) is 4.79 Å². The van der Waals surface area contributed by atoms with Gasteiger partial charge in [-0.05, 0) is 76.2 Å². The number of carbonyl (C=O) groups is 1. The second kappa shape index (κ2) is 10.1. The average molecular weight is 350 g/mol. The summed E-state index contributed by atoms with van der Waals surface area (Å²) in [6, 6.07) is 10.5. The van der Waals surface area contributed by atoms with E-state index in [2.05, 4.69) is 35.4 Å². The molecule has 1 fully saturated rings. The monoisotopic (exact) mass is 349 g/mol. The van der Waals surface area contributed by atoms with Crippen molar-refractivity contribution in [2.45, 2.75) is 39.0 Å². The van der Waals surface area contributed by atoms with Crippen LogP contribution < -0.4 is 0 Å². The molecule has 1 heterocycles. The molecule has 0 saturated carbocycles. The Bertz CT molecular complexity index is 484. The highest BCUT2D eigenvalue weighted by atomic mass is 32.2. The van der Waals surface area contributed by atoms with Gasteiger partial charge in [0.1, 0.15) is 0 Å². The summed E-state index contributed by atoms with van der Waals surface area (Å²) in [5.41, 5.74) is 1.02. The van der Waals surface area contributed by atoms with Crippen molar-refractivity contribution in [1.82, 2.24) is 4.90 Å². The van der Waals surface area contributed by atoms with Gasteiger partial charge in [0.2, 0.25) is 0 Å². The van der Waals surface area contributed by atoms with Crippen molar-refractivity contribution < 1.29 is 9.53 Å². The number of nitrogens with zero attached hydrogens (tertiary/aromatic N) is 1. The second-order valence-electron chi connectivity index (χ2n) is 6.67. The molecule has 0 bridgehead atoms. The summed E-state index contributed by atoms with van der Waals surface area (Å²) in [5, 5.41) is 0. The van der Waals surface area contributed by atoms with Crippen LogP contribution in [0.25, 0.3) is 0 Å². The smallest absolute Gasteiger partial charge is 0.312 e. The number of thioether (sulfide) groups is 1. The van der Waals surface area contributed by atoms with Crippen LogP contribution in [0.3, 0.4) is 0 Å². The van der Waals surface area contributed by atoms with Crippen molar-refractivity contribution in [3.63, 3.8) is 0 Å². The number of esters is 1. The maximum atomic E-state index is 12.7. The first-order valence-electron chi connectivity index (χ1n) is 9.12. The van der Waals surface area contributed by atoms with E-state index in [1.54, 1.807) is 0 Å². The third-order valence-electron chi connectivity index (χ3n) is 5.08. The number of carbonyl (C=O) groups excluding carboxylic acids is 1. The predicted octanol–water partition coefficient (Wildman–Crippen LogP) is 4.02. The lowest BCUT2D eigenvalue weighted by Gasteiger charge is -2.40. The molecule has 134 valence electrons. The van der Waals surface area contributed by atoms with Crippen LogP contribution in [-0.4, -0.2) is 49.1 Å². The van der Waals surface area contributed by atoms with Crippen molar-refractivity contribution in [2.75, 3.05) is 38.2 Å². The van der Waals surface area contributed by atoms with Gasteiger partial charge < -0.3 is 9.64 Å². The third kappa shape index (κ3) is 5.52. The number of rotatable bonds is 9. The Morgan fingerprint density at radius 1 is 1.25 bits per heavy atom. The van der Waals surface area contributed by atoms with Crippen LogP contribution in [0.2, 0.25) is 0 Å². The zero-order chi connectivity index (χ0) is 17.3. The van der Waals surface area contributed by atoms with E-state index >= 15 is 0 Å². The Labute approximate surface area is 151 Å². The van der Waals surface area contributed by atoms with E-state index in [0.29, 0.717) is 6.61 Å². The molecule has 24 heavy (non-hydrogen) atoms. The second-order valence-corrected chi connectivity index (χ2v) is 7.66. The Kier molecular flexibility index (Phi) is 8.13. The molecule has 1 aromatic rings. The van der Waals surface area contributed by atoms with Gasteiger partial charge in [0.25, 0.3) is 0 Å². The molecule has 1 aliphatic heterocycles. The number of ether oxygens (including phenoxy) is 1. The molecule has 0 aliphatic carbocycles. The lowest BCUT2D eigenvalue weighted by atomic mass is 9.74. The number of piperidine rings is 1. The van der Waals surface area contributed by atoms with Gasteiger partial charge >= 0.3 is 5.97 Å². The molecule has 4 heteroatoms. The zero-order valence-corrected chi connectivity index (χ0v) is 15.9. The summed E-state index contributed by atoms with van der Waals surface area (Å²) >= 11 is 1.91. The van der Waals surface area contributed by atoms with Crippen molar-refractivity contribution in [3.05, 3.63) is 35.9 Å². The minimum atomic E-state index is -0.290. The first-order chi connectivity index (χ1) is 11.7. The van der Waals surface area contributed by atoms with Gasteiger partial charge in [0.05, 0.1) is 12.0 Å². The molecular weight excluding hydrogens is 318 g/mol. The fourth-order valence-electron chi connectivity index (χ4n) is 3.51. The summed E-state index contributed by atoms with van der Waals surface area (Å²) < 4.78 is 5.45. The highest BCUT2D eigenvalue weighted by molar-refractivity contribution is 7.98. The summed E-state index contributed by atoms with van der Waals surface area (Å²) in [6.07, 6.45) is 7.10. The molecule has 1 aliphatic rings. The molecule has 0 aromatic heterocycles. The normalized spacial score (nSPS) is 17.6. The van der Waals surface area contributed by atoms with Crippen molar-refractivity contribution >= 4 is 17.7 Å². The number of hydrogen-bond donors (Lipinski definition) is 0. The molecule has 0 radical (unpaired) electrons. The summed E-state index contributed by atoms with van der Waals surface area (Å²) in [4.78, 5) is 15.2. The number of likely N-dealkylation sites (tertiary alicyclic amines) is 1. The van der Waals surface area contributed by atoms with Crippen molar-refractivity contribution in [1.29, 1.82) is 0 Å². The topological polar surface area (TPSA) is 29.5 Å². The van der Waals surface area contributed by atoms with E-state index in [0.717, 1.165) is 45.3 Å². The van der Waals surface area contributed by atoms with E-state index in [1.807, 2.05) is 24.8 Å². The molecule has 3 nitrogen and oxygen atoms in total. The first kappa shape index (κ1) is 19.3. The lowest BCUT2D eigenvalue weighted by Crippen LogP contribution is -2.45. The molecular formula is C20H31NO2S. The Morgan fingerprint density at radius 2 is 1.96 bits per heavy atom. The molecule has 0 amide bonds. The van der Waals surface area contributed by atoms with E-state index in [4.69, 9.17) is 4.74 Å². The van der Waals surface area contributed by atoms with E-state index in [9.17, 15) is 4.79 Å². The van der Waals surface area contributed by atoms with Gasteiger partial charge in [0, 0.05) is 0 Å². The van der Waals surface area contributed by atoms with Crippen LogP contribution in [0.15, 0.2) is 30.3 Å². The fourth-order valence-corrected chi connectivity index (χ4v) is 3.92. The molecule has 1 saturated heterocycles. The largest absolute Gasteiger partial charge is 0.466 e. The van der Waals surface area contributed by atoms with E-state index in [1.165, 1.54) is 17.7 Å². The number of aryl methyl sites for hydroxylation is 1. The zero-order valence-electron chi connectivity index (χ0n) is 15.1. The number of hydrogen-bond acceptors (Lipinski definition) is 4. The third-order valence-corrected chi connectivity index (χ3v) is 5.78. The predicted molar refractivity (Wildman–Crippen MR) is 103 cm³/mol. The minimum Gasteiger partial charge on any atom is -0.466 e. The Hall–Kier alpha value is -1.00. The number of benzene rings is 1. The maximum Gasteiger partial charge on any atom is 0.312 e. The summed E-state index contributed by atoms with van der Waals surface area (Å²) in [7, 11) is 0. The first-order valence-corrected chi connectivity index (χ1v) is 10.5. The van der Waals surface area contributed by atoms with Crippen LogP contribution >= 0.6 is 11.8 Å². The SMILES string of the molecule is CCOC(=O)C1(CCc2ccccc2)CCN(CCCSC)CC1. The van der Waals surface area contributed by atoms with Gasteiger partial charge in [0.15, 0.2) is 0 Å². The lowest BCUT2D eigenvalue weighted by molar-refractivity contribution is -0.159. The molecule has 0 N–H and O–H groups in total. The molecule has 0 unspecified atom stereocenters. The standard InChI is InChI=1S/C20H31NO2S/c1-3-23-19(22)20(11-10-18-8-5-4-6-9-18)12-15-21(16-13-20)14-7-17-24-2/h4-6,8-9H,3,7,10-17H2,1-2H3. The molecule has 2 rings (SSSR count). The molecule has 0 spiro atoms. The van der Waals surface area contributed by atoms with Crippen LogP contribution in [-0.2, 0) is 16.0 Å². The van der Waals surface area contributed by atoms with Crippen LogP contribution in [0.4, 0.5) is 0 Å². The van der Waals surface area contributed by atoms with Gasteiger partial charge in [-0.25, -0.2) is 0 Å². The van der Waals surface area contributed by atoms with Crippen LogP contribution in [0.1, 0.15) is 38.2 Å². The molecule has 0 atom stereocenters. The average Bonchev–Trinajstić information content (AvgIpc) is 2.62. The summed E-state index contributed by atoms with van der Waals surface area (Å²) in [5.74, 6) is 1.23. The van der Waals surface area contributed by atoms with Gasteiger partial charge in [-0.2, -0.15) is 11.8 Å². The van der Waals surface area contributed by atoms with Crippen molar-refractivity contribution in [2.24, 2.45) is 5.41 Å². The highest BCUT2D eigenvalue weighted by Crippen LogP contribution is 2.37.